The number of benzene rings is 1. The molecule has 0 amide bonds. The molecule has 0 atom stereocenters. The van der Waals surface area contributed by atoms with Gasteiger partial charge >= 0.3 is 9.85 Å². The molecule has 0 saturated carbocycles. The number of halogens is 1. The highest BCUT2D eigenvalue weighted by molar-refractivity contribution is 6.46. The quantitative estimate of drug-likeness (QED) is 0.284. The van der Waals surface area contributed by atoms with E-state index in [9.17, 15) is 14.2 Å². The summed E-state index contributed by atoms with van der Waals surface area (Å²) in [4.78, 5) is 9.61. The lowest BCUT2D eigenvalue weighted by Gasteiger charge is -1.91. The number of nitrogens with zero attached hydrogens (tertiary/aromatic N) is 1. The predicted octanol–water partition coefficient (Wildman–Crippen LogP) is 0.809. The molecular formula is C6H4FNO2Si. The number of nitro benzene ring substituents is 1. The van der Waals surface area contributed by atoms with Crippen molar-refractivity contribution >= 4 is 20.7 Å². The molecule has 0 unspecified atom stereocenters. The maximum atomic E-state index is 11.9. The highest BCUT2D eigenvalue weighted by atomic mass is 28.3. The molecule has 0 N–H and O–H groups in total. The zero-order valence-corrected chi connectivity index (χ0v) is 6.45. The second-order valence-electron chi connectivity index (χ2n) is 1.90. The van der Waals surface area contributed by atoms with Crippen molar-refractivity contribution in [2.75, 3.05) is 0 Å². The van der Waals surface area contributed by atoms with Gasteiger partial charge < -0.3 is 4.11 Å². The molecule has 11 heavy (non-hydrogen) atoms. The highest BCUT2D eigenvalue weighted by Gasteiger charge is 2.03. The van der Waals surface area contributed by atoms with Gasteiger partial charge in [-0.1, -0.05) is 12.1 Å². The summed E-state index contributed by atoms with van der Waals surface area (Å²) in [5, 5.41) is 10.6. The summed E-state index contributed by atoms with van der Waals surface area (Å²) in [6.07, 6.45) is 0. The van der Waals surface area contributed by atoms with Crippen molar-refractivity contribution in [2.45, 2.75) is 0 Å². The summed E-state index contributed by atoms with van der Waals surface area (Å²) >= 11 is 0. The molecule has 5 heteroatoms. The molecule has 0 aliphatic heterocycles. The zero-order valence-electron chi connectivity index (χ0n) is 5.45. The van der Waals surface area contributed by atoms with Gasteiger partial charge in [-0.15, -0.1) is 0 Å². The van der Waals surface area contributed by atoms with Gasteiger partial charge in [0.1, 0.15) is 0 Å². The van der Waals surface area contributed by atoms with Crippen LogP contribution in [0.25, 0.3) is 0 Å². The molecule has 0 aliphatic carbocycles. The fourth-order valence-electron chi connectivity index (χ4n) is 0.646. The van der Waals surface area contributed by atoms with Crippen LogP contribution < -0.4 is 5.19 Å². The molecule has 1 aromatic rings. The molecule has 1 rings (SSSR count). The van der Waals surface area contributed by atoms with E-state index in [4.69, 9.17) is 0 Å². The van der Waals surface area contributed by atoms with E-state index in [2.05, 4.69) is 0 Å². The van der Waals surface area contributed by atoms with E-state index < -0.39 is 14.8 Å². The lowest BCUT2D eigenvalue weighted by atomic mass is 10.3. The SMILES string of the molecule is O=[N+]([O-])c1ccc([Si]F)cc1. The van der Waals surface area contributed by atoms with Gasteiger partial charge in [0.15, 0.2) is 0 Å². The Kier molecular flexibility index (Phi) is 2.32. The normalized spacial score (nSPS) is 9.55. The van der Waals surface area contributed by atoms with E-state index in [1.54, 1.807) is 0 Å². The van der Waals surface area contributed by atoms with Crippen LogP contribution in [0, 0.1) is 10.1 Å². The molecule has 0 aromatic heterocycles. The Hall–Kier alpha value is -1.23. The van der Waals surface area contributed by atoms with E-state index in [0.29, 0.717) is 5.19 Å². The molecule has 3 nitrogen and oxygen atoms in total. The first-order valence-electron chi connectivity index (χ1n) is 2.85. The van der Waals surface area contributed by atoms with E-state index >= 15 is 0 Å². The summed E-state index contributed by atoms with van der Waals surface area (Å²) < 4.78 is 11.9. The number of rotatable bonds is 2. The van der Waals surface area contributed by atoms with Crippen LogP contribution in [0.1, 0.15) is 0 Å². The highest BCUT2D eigenvalue weighted by Crippen LogP contribution is 2.06. The second-order valence-corrected chi connectivity index (χ2v) is 2.66. The Bertz CT molecular complexity index is 262. The average Bonchev–Trinajstić information content (AvgIpc) is 2.05. The third-order valence-corrected chi connectivity index (χ3v) is 1.74. The maximum Gasteiger partial charge on any atom is 0.333 e. The van der Waals surface area contributed by atoms with Gasteiger partial charge in [-0.2, -0.15) is 0 Å². The van der Waals surface area contributed by atoms with Gasteiger partial charge in [0, 0.05) is 12.1 Å². The first-order chi connectivity index (χ1) is 5.24. The first-order valence-corrected chi connectivity index (χ1v) is 3.73. The minimum atomic E-state index is -0.803. The molecule has 56 valence electrons. The van der Waals surface area contributed by atoms with Crippen molar-refractivity contribution in [3.8, 4) is 0 Å². The van der Waals surface area contributed by atoms with Crippen LogP contribution in [0.5, 0.6) is 0 Å². The maximum absolute atomic E-state index is 11.9. The van der Waals surface area contributed by atoms with Crippen molar-refractivity contribution in [3.63, 3.8) is 0 Å². The third-order valence-electron chi connectivity index (χ3n) is 1.19. The molecule has 2 radical (unpaired) electrons. The molecular weight excluding hydrogens is 165 g/mol. The molecule has 0 spiro atoms. The van der Waals surface area contributed by atoms with Crippen LogP contribution >= 0.6 is 0 Å². The molecule has 0 aliphatic rings. The topological polar surface area (TPSA) is 43.1 Å². The second kappa shape index (κ2) is 3.24. The lowest BCUT2D eigenvalue weighted by Crippen LogP contribution is -2.08. The van der Waals surface area contributed by atoms with E-state index in [0.717, 1.165) is 0 Å². The van der Waals surface area contributed by atoms with Gasteiger partial charge in [-0.3, -0.25) is 10.1 Å². The van der Waals surface area contributed by atoms with Gasteiger partial charge in [-0.05, 0) is 5.19 Å². The summed E-state index contributed by atoms with van der Waals surface area (Å²) in [5.74, 6) is 0. The van der Waals surface area contributed by atoms with Crippen molar-refractivity contribution in [1.82, 2.24) is 0 Å². The zero-order chi connectivity index (χ0) is 8.27. The fraction of sp³-hybridized carbons (Fsp3) is 0. The van der Waals surface area contributed by atoms with Crippen LogP contribution in [0.3, 0.4) is 0 Å². The minimum Gasteiger partial charge on any atom is -0.308 e. The van der Waals surface area contributed by atoms with Crippen molar-refractivity contribution in [3.05, 3.63) is 34.4 Å². The summed E-state index contributed by atoms with van der Waals surface area (Å²) in [5.41, 5.74) is -0.00741. The molecule has 0 saturated heterocycles. The van der Waals surface area contributed by atoms with Crippen molar-refractivity contribution < 1.29 is 9.03 Å². The van der Waals surface area contributed by atoms with Crippen LogP contribution in [0.15, 0.2) is 24.3 Å². The van der Waals surface area contributed by atoms with E-state index in [-0.39, 0.29) is 5.69 Å². The van der Waals surface area contributed by atoms with Crippen LogP contribution in [-0.4, -0.2) is 14.8 Å². The van der Waals surface area contributed by atoms with Gasteiger partial charge in [0.2, 0.25) is 0 Å². The first kappa shape index (κ1) is 7.87. The Balaban J connectivity index is 2.91. The standard InChI is InChI=1S/C6H4FNO2Si/c7-11-6-3-1-5(2-4-6)8(9)10/h1-4H. The monoisotopic (exact) mass is 169 g/mol. The Morgan fingerprint density at radius 1 is 1.36 bits per heavy atom. The predicted molar refractivity (Wildman–Crippen MR) is 39.6 cm³/mol. The summed E-state index contributed by atoms with van der Waals surface area (Å²) in [6, 6.07) is 5.41. The molecule has 1 aromatic carbocycles. The fourth-order valence-corrected chi connectivity index (χ4v) is 0.939. The van der Waals surface area contributed by atoms with E-state index in [1.807, 2.05) is 0 Å². The molecule has 0 bridgehead atoms. The number of nitro groups is 1. The Labute approximate surface area is 65.0 Å². The van der Waals surface area contributed by atoms with Crippen molar-refractivity contribution in [1.29, 1.82) is 0 Å². The third kappa shape index (κ3) is 1.84. The van der Waals surface area contributed by atoms with Gasteiger partial charge in [-0.25, -0.2) is 0 Å². The van der Waals surface area contributed by atoms with Crippen LogP contribution in [0.2, 0.25) is 0 Å². The lowest BCUT2D eigenvalue weighted by molar-refractivity contribution is -0.384. The summed E-state index contributed by atoms with van der Waals surface area (Å²) in [6.45, 7) is 0. The Morgan fingerprint density at radius 2 is 1.91 bits per heavy atom. The smallest absolute Gasteiger partial charge is 0.308 e. The largest absolute Gasteiger partial charge is 0.333 e. The minimum absolute atomic E-state index is 0.00741. The molecule has 0 fully saturated rings. The molecule has 0 heterocycles. The number of non-ortho nitro benzene ring substituents is 1. The summed E-state index contributed by atoms with van der Waals surface area (Å²) in [7, 11) is -0.803. The number of hydrogen-bond donors (Lipinski definition) is 0. The number of hydrogen-bond acceptors (Lipinski definition) is 2. The van der Waals surface area contributed by atoms with Crippen molar-refractivity contribution in [2.24, 2.45) is 0 Å². The van der Waals surface area contributed by atoms with Crippen LogP contribution in [0.4, 0.5) is 9.80 Å². The van der Waals surface area contributed by atoms with Crippen LogP contribution in [-0.2, 0) is 0 Å². The van der Waals surface area contributed by atoms with E-state index in [1.165, 1.54) is 24.3 Å². The van der Waals surface area contributed by atoms with Gasteiger partial charge in [0.25, 0.3) is 5.69 Å². The average molecular weight is 169 g/mol. The van der Waals surface area contributed by atoms with Gasteiger partial charge in [0.05, 0.1) is 4.92 Å². The Morgan fingerprint density at radius 3 is 2.27 bits per heavy atom.